The first-order valence-corrected chi connectivity index (χ1v) is 5.96. The van der Waals surface area contributed by atoms with Crippen LogP contribution in [0.2, 0.25) is 5.02 Å². The quantitative estimate of drug-likeness (QED) is 0.899. The topological polar surface area (TPSA) is 38.3 Å². The predicted molar refractivity (Wildman–Crippen MR) is 69.4 cm³/mol. The molecule has 0 saturated carbocycles. The molecule has 0 radical (unpaired) electrons. The molecule has 0 heterocycles. The second-order valence-corrected chi connectivity index (χ2v) is 5.18. The Morgan fingerprint density at radius 3 is 2.59 bits per heavy atom. The van der Waals surface area contributed by atoms with Crippen LogP contribution in [0.1, 0.15) is 26.3 Å². The molecule has 0 aromatic heterocycles. The molecule has 94 valence electrons. The van der Waals surface area contributed by atoms with Crippen molar-refractivity contribution >= 4 is 17.7 Å². The van der Waals surface area contributed by atoms with Gasteiger partial charge in [-0.1, -0.05) is 29.8 Å². The van der Waals surface area contributed by atoms with Crippen molar-refractivity contribution in [2.75, 3.05) is 6.54 Å². The van der Waals surface area contributed by atoms with Crippen LogP contribution < -0.4 is 5.32 Å². The fraction of sp³-hybridized carbons (Fsp3) is 0.462. The van der Waals surface area contributed by atoms with Crippen molar-refractivity contribution in [1.29, 1.82) is 0 Å². The standard InChI is InChI=1S/C13H18ClNO2/c1-13(2,3)17-12(16)15-9-8-10-6-4-5-7-11(10)14/h4-7H,8-9H2,1-3H3,(H,15,16). The molecule has 1 rings (SSSR count). The monoisotopic (exact) mass is 255 g/mol. The Hall–Kier alpha value is -1.22. The number of amides is 1. The molecule has 0 aliphatic rings. The molecule has 0 saturated heterocycles. The minimum Gasteiger partial charge on any atom is -0.444 e. The van der Waals surface area contributed by atoms with Gasteiger partial charge in [0.15, 0.2) is 0 Å². The molecule has 1 aromatic carbocycles. The Morgan fingerprint density at radius 1 is 1.35 bits per heavy atom. The highest BCUT2D eigenvalue weighted by molar-refractivity contribution is 6.31. The Kier molecular flexibility index (Phi) is 4.82. The number of nitrogens with one attached hydrogen (secondary N) is 1. The van der Waals surface area contributed by atoms with Crippen molar-refractivity contribution < 1.29 is 9.53 Å². The number of carbonyl (C=O) groups is 1. The minimum atomic E-state index is -0.464. The third kappa shape index (κ3) is 5.59. The Labute approximate surface area is 107 Å². The van der Waals surface area contributed by atoms with Gasteiger partial charge in [0.05, 0.1) is 0 Å². The zero-order valence-corrected chi connectivity index (χ0v) is 11.2. The average Bonchev–Trinajstić information content (AvgIpc) is 2.18. The van der Waals surface area contributed by atoms with Crippen molar-refractivity contribution in [1.82, 2.24) is 5.32 Å². The van der Waals surface area contributed by atoms with Gasteiger partial charge in [0, 0.05) is 11.6 Å². The fourth-order valence-electron chi connectivity index (χ4n) is 1.31. The third-order valence-corrected chi connectivity index (χ3v) is 2.39. The van der Waals surface area contributed by atoms with E-state index in [4.69, 9.17) is 16.3 Å². The summed E-state index contributed by atoms with van der Waals surface area (Å²) in [6.07, 6.45) is 0.295. The van der Waals surface area contributed by atoms with Gasteiger partial charge in [-0.05, 0) is 38.8 Å². The van der Waals surface area contributed by atoms with Gasteiger partial charge in [-0.25, -0.2) is 4.79 Å². The molecule has 1 amide bonds. The maximum atomic E-state index is 11.4. The van der Waals surface area contributed by atoms with Crippen molar-refractivity contribution in [2.45, 2.75) is 32.8 Å². The Bertz CT molecular complexity index is 385. The van der Waals surface area contributed by atoms with Crippen LogP contribution in [0, 0.1) is 0 Å². The lowest BCUT2D eigenvalue weighted by Crippen LogP contribution is -2.33. The summed E-state index contributed by atoms with van der Waals surface area (Å²) in [6, 6.07) is 7.59. The highest BCUT2D eigenvalue weighted by Crippen LogP contribution is 2.14. The van der Waals surface area contributed by atoms with Crippen LogP contribution >= 0.6 is 11.6 Å². The number of carbonyl (C=O) groups excluding carboxylic acids is 1. The van der Waals surface area contributed by atoms with Crippen molar-refractivity contribution in [3.05, 3.63) is 34.9 Å². The molecule has 0 unspecified atom stereocenters. The molecule has 0 atom stereocenters. The van der Waals surface area contributed by atoms with Gasteiger partial charge >= 0.3 is 6.09 Å². The first kappa shape index (κ1) is 13.8. The van der Waals surface area contributed by atoms with Gasteiger partial charge < -0.3 is 10.1 Å². The second-order valence-electron chi connectivity index (χ2n) is 4.77. The van der Waals surface area contributed by atoms with E-state index in [1.807, 2.05) is 45.0 Å². The highest BCUT2D eigenvalue weighted by atomic mass is 35.5. The van der Waals surface area contributed by atoms with Gasteiger partial charge in [-0.3, -0.25) is 0 Å². The second kappa shape index (κ2) is 5.92. The summed E-state index contributed by atoms with van der Waals surface area (Å²) in [5.74, 6) is 0. The van der Waals surface area contributed by atoms with Gasteiger partial charge in [0.1, 0.15) is 5.60 Å². The van der Waals surface area contributed by atoms with Crippen LogP contribution in [0.4, 0.5) is 4.79 Å². The molecule has 0 spiro atoms. The first-order chi connectivity index (χ1) is 7.88. The number of halogens is 1. The molecular formula is C13H18ClNO2. The number of hydrogen-bond acceptors (Lipinski definition) is 2. The highest BCUT2D eigenvalue weighted by Gasteiger charge is 2.15. The average molecular weight is 256 g/mol. The molecule has 17 heavy (non-hydrogen) atoms. The number of hydrogen-bond donors (Lipinski definition) is 1. The maximum absolute atomic E-state index is 11.4. The largest absolute Gasteiger partial charge is 0.444 e. The molecule has 1 aromatic rings. The van der Waals surface area contributed by atoms with Crippen LogP contribution in [0.25, 0.3) is 0 Å². The molecule has 0 aliphatic heterocycles. The number of rotatable bonds is 3. The molecular weight excluding hydrogens is 238 g/mol. The summed E-state index contributed by atoms with van der Waals surface area (Å²) in [4.78, 5) is 11.4. The van der Waals surface area contributed by atoms with Gasteiger partial charge in [-0.15, -0.1) is 0 Å². The predicted octanol–water partition coefficient (Wildman–Crippen LogP) is 3.41. The molecule has 4 heteroatoms. The SMILES string of the molecule is CC(C)(C)OC(=O)NCCc1ccccc1Cl. The van der Waals surface area contributed by atoms with Crippen molar-refractivity contribution in [3.8, 4) is 0 Å². The van der Waals surface area contributed by atoms with E-state index in [0.717, 1.165) is 10.6 Å². The normalized spacial score (nSPS) is 11.1. The van der Waals surface area contributed by atoms with E-state index in [1.54, 1.807) is 0 Å². The molecule has 0 aliphatic carbocycles. The summed E-state index contributed by atoms with van der Waals surface area (Å²) < 4.78 is 5.12. The van der Waals surface area contributed by atoms with E-state index in [0.29, 0.717) is 13.0 Å². The van der Waals surface area contributed by atoms with Crippen LogP contribution in [-0.4, -0.2) is 18.2 Å². The molecule has 1 N–H and O–H groups in total. The third-order valence-electron chi connectivity index (χ3n) is 2.02. The Balaban J connectivity index is 2.34. The van der Waals surface area contributed by atoms with E-state index in [2.05, 4.69) is 5.32 Å². The van der Waals surface area contributed by atoms with Gasteiger partial charge in [0.2, 0.25) is 0 Å². The van der Waals surface area contributed by atoms with E-state index < -0.39 is 11.7 Å². The van der Waals surface area contributed by atoms with E-state index in [1.165, 1.54) is 0 Å². The smallest absolute Gasteiger partial charge is 0.407 e. The summed E-state index contributed by atoms with van der Waals surface area (Å²) in [5.41, 5.74) is 0.555. The van der Waals surface area contributed by atoms with Crippen LogP contribution in [0.3, 0.4) is 0 Å². The van der Waals surface area contributed by atoms with E-state index in [-0.39, 0.29) is 0 Å². The van der Waals surface area contributed by atoms with Crippen LogP contribution in [0.5, 0.6) is 0 Å². The number of ether oxygens (including phenoxy) is 1. The summed E-state index contributed by atoms with van der Waals surface area (Å²) in [6.45, 7) is 6.01. The molecule has 3 nitrogen and oxygen atoms in total. The lowest BCUT2D eigenvalue weighted by Gasteiger charge is -2.19. The Morgan fingerprint density at radius 2 is 2.00 bits per heavy atom. The molecule has 0 fully saturated rings. The maximum Gasteiger partial charge on any atom is 0.407 e. The lowest BCUT2D eigenvalue weighted by atomic mass is 10.1. The van der Waals surface area contributed by atoms with Crippen molar-refractivity contribution in [2.24, 2.45) is 0 Å². The number of alkyl carbamates (subject to hydrolysis) is 1. The first-order valence-electron chi connectivity index (χ1n) is 5.59. The van der Waals surface area contributed by atoms with E-state index >= 15 is 0 Å². The summed E-state index contributed by atoms with van der Waals surface area (Å²) in [7, 11) is 0. The van der Waals surface area contributed by atoms with E-state index in [9.17, 15) is 4.79 Å². The van der Waals surface area contributed by atoms with Crippen LogP contribution in [0.15, 0.2) is 24.3 Å². The molecule has 0 bridgehead atoms. The van der Waals surface area contributed by atoms with Crippen LogP contribution in [-0.2, 0) is 11.2 Å². The zero-order chi connectivity index (χ0) is 12.9. The summed E-state index contributed by atoms with van der Waals surface area (Å²) >= 11 is 6.00. The minimum absolute atomic E-state index is 0.399. The number of benzene rings is 1. The van der Waals surface area contributed by atoms with Crippen molar-refractivity contribution in [3.63, 3.8) is 0 Å². The summed E-state index contributed by atoms with van der Waals surface area (Å²) in [5, 5.41) is 3.42. The lowest BCUT2D eigenvalue weighted by molar-refractivity contribution is 0.0528. The fourth-order valence-corrected chi connectivity index (χ4v) is 1.54. The zero-order valence-electron chi connectivity index (χ0n) is 10.4. The van der Waals surface area contributed by atoms with Gasteiger partial charge in [0.25, 0.3) is 0 Å². The van der Waals surface area contributed by atoms with Gasteiger partial charge in [-0.2, -0.15) is 0 Å².